The Morgan fingerprint density at radius 3 is 2.38 bits per heavy atom. The molecule has 0 fully saturated rings. The van der Waals surface area contributed by atoms with Crippen molar-refractivity contribution in [1.29, 1.82) is 0 Å². The molecule has 6 heteroatoms. The van der Waals surface area contributed by atoms with Crippen molar-refractivity contribution >= 4 is 22.6 Å². The predicted molar refractivity (Wildman–Crippen MR) is 98.8 cm³/mol. The Labute approximate surface area is 149 Å². The van der Waals surface area contributed by atoms with Gasteiger partial charge in [-0.05, 0) is 47.9 Å². The van der Waals surface area contributed by atoms with Gasteiger partial charge in [-0.25, -0.2) is 9.37 Å². The van der Waals surface area contributed by atoms with Crippen LogP contribution in [0, 0.1) is 5.82 Å². The number of benzene rings is 2. The number of rotatable bonds is 4. The Morgan fingerprint density at radius 2 is 1.69 bits per heavy atom. The number of hydrogen-bond donors (Lipinski definition) is 1. The van der Waals surface area contributed by atoms with Gasteiger partial charge in [0, 0.05) is 11.3 Å². The fourth-order valence-corrected chi connectivity index (χ4v) is 2.77. The maximum Gasteiger partial charge on any atom is 0.263 e. The number of hydrogen-bond acceptors (Lipinski definition) is 5. The lowest BCUT2D eigenvalue weighted by atomic mass is 10.0. The molecule has 0 radical (unpaired) electrons. The lowest BCUT2D eigenvalue weighted by Gasteiger charge is -2.09. The molecule has 0 unspecified atom stereocenters. The average molecular weight is 348 g/mol. The summed E-state index contributed by atoms with van der Waals surface area (Å²) in [5, 5.41) is 8.05. The van der Waals surface area contributed by atoms with Gasteiger partial charge in [-0.15, -0.1) is 0 Å². The van der Waals surface area contributed by atoms with Crippen molar-refractivity contribution in [2.75, 3.05) is 5.32 Å². The van der Waals surface area contributed by atoms with Crippen molar-refractivity contribution in [2.45, 2.75) is 19.8 Å². The van der Waals surface area contributed by atoms with E-state index in [2.05, 4.69) is 46.4 Å². The first-order valence-corrected chi connectivity index (χ1v) is 8.35. The van der Waals surface area contributed by atoms with Gasteiger partial charge >= 0.3 is 0 Å². The minimum absolute atomic E-state index is 0.304. The summed E-state index contributed by atoms with van der Waals surface area (Å²) in [4.78, 5) is 8.47. The Hall–Kier alpha value is -3.28. The SMILES string of the molecule is CC(C)c1ccc(Nc2ncnc3onc(-c4ccc(F)cc4)c23)cc1. The second kappa shape index (κ2) is 6.55. The van der Waals surface area contributed by atoms with Crippen molar-refractivity contribution in [3.63, 3.8) is 0 Å². The van der Waals surface area contributed by atoms with Crippen LogP contribution in [0.1, 0.15) is 25.3 Å². The average Bonchev–Trinajstić information content (AvgIpc) is 3.08. The molecule has 0 aliphatic carbocycles. The molecular weight excluding hydrogens is 331 g/mol. The van der Waals surface area contributed by atoms with Gasteiger partial charge in [0.25, 0.3) is 5.71 Å². The van der Waals surface area contributed by atoms with Crippen LogP contribution in [0.25, 0.3) is 22.4 Å². The van der Waals surface area contributed by atoms with Gasteiger partial charge in [-0.1, -0.05) is 31.1 Å². The first-order valence-electron chi connectivity index (χ1n) is 8.35. The van der Waals surface area contributed by atoms with E-state index in [0.29, 0.717) is 28.5 Å². The second-order valence-corrected chi connectivity index (χ2v) is 6.34. The van der Waals surface area contributed by atoms with Gasteiger partial charge in [0.1, 0.15) is 29.0 Å². The summed E-state index contributed by atoms with van der Waals surface area (Å²) in [7, 11) is 0. The van der Waals surface area contributed by atoms with Gasteiger partial charge in [0.05, 0.1) is 0 Å². The number of nitrogens with one attached hydrogen (secondary N) is 1. The van der Waals surface area contributed by atoms with Gasteiger partial charge in [0.2, 0.25) is 0 Å². The maximum atomic E-state index is 13.2. The number of aromatic nitrogens is 3. The normalized spacial score (nSPS) is 11.2. The van der Waals surface area contributed by atoms with E-state index in [9.17, 15) is 4.39 Å². The van der Waals surface area contributed by atoms with E-state index in [1.54, 1.807) is 12.1 Å². The van der Waals surface area contributed by atoms with Crippen LogP contribution >= 0.6 is 0 Å². The van der Waals surface area contributed by atoms with Crippen LogP contribution in [-0.4, -0.2) is 15.1 Å². The van der Waals surface area contributed by atoms with Crippen LogP contribution in [-0.2, 0) is 0 Å². The lowest BCUT2D eigenvalue weighted by Crippen LogP contribution is -1.96. The molecule has 5 nitrogen and oxygen atoms in total. The molecule has 0 aliphatic heterocycles. The Bertz CT molecular complexity index is 1040. The summed E-state index contributed by atoms with van der Waals surface area (Å²) in [6, 6.07) is 14.3. The highest BCUT2D eigenvalue weighted by Gasteiger charge is 2.17. The molecule has 2 aromatic carbocycles. The van der Waals surface area contributed by atoms with Crippen LogP contribution in [0.3, 0.4) is 0 Å². The third-order valence-electron chi connectivity index (χ3n) is 4.23. The first kappa shape index (κ1) is 16.2. The molecule has 1 N–H and O–H groups in total. The number of fused-ring (bicyclic) bond motifs is 1. The number of anilines is 2. The highest BCUT2D eigenvalue weighted by molar-refractivity contribution is 5.98. The summed E-state index contributed by atoms with van der Waals surface area (Å²) >= 11 is 0. The molecule has 0 saturated heterocycles. The van der Waals surface area contributed by atoms with E-state index in [1.165, 1.54) is 24.0 Å². The van der Waals surface area contributed by atoms with E-state index in [4.69, 9.17) is 4.52 Å². The minimum Gasteiger partial charge on any atom is -0.339 e. The van der Waals surface area contributed by atoms with Crippen LogP contribution in [0.5, 0.6) is 0 Å². The van der Waals surface area contributed by atoms with E-state index in [0.717, 1.165) is 11.3 Å². The molecule has 0 atom stereocenters. The lowest BCUT2D eigenvalue weighted by molar-refractivity contribution is 0.451. The molecule has 0 amide bonds. The molecule has 4 rings (SSSR count). The molecule has 0 saturated carbocycles. The van der Waals surface area contributed by atoms with Crippen molar-refractivity contribution < 1.29 is 8.91 Å². The van der Waals surface area contributed by atoms with E-state index in [1.807, 2.05) is 12.1 Å². The van der Waals surface area contributed by atoms with E-state index in [-0.39, 0.29) is 5.82 Å². The largest absolute Gasteiger partial charge is 0.339 e. The van der Waals surface area contributed by atoms with Crippen LogP contribution in [0.15, 0.2) is 59.4 Å². The summed E-state index contributed by atoms with van der Waals surface area (Å²) in [5.41, 5.74) is 3.85. The fourth-order valence-electron chi connectivity index (χ4n) is 2.77. The van der Waals surface area contributed by atoms with Crippen molar-refractivity contribution in [3.8, 4) is 11.3 Å². The number of halogens is 1. The number of nitrogens with zero attached hydrogens (tertiary/aromatic N) is 3. The summed E-state index contributed by atoms with van der Waals surface area (Å²) in [5.74, 6) is 0.757. The van der Waals surface area contributed by atoms with Gasteiger partial charge in [-0.3, -0.25) is 0 Å². The highest BCUT2D eigenvalue weighted by atomic mass is 19.1. The first-order chi connectivity index (χ1) is 12.6. The van der Waals surface area contributed by atoms with Gasteiger partial charge in [0.15, 0.2) is 0 Å². The zero-order chi connectivity index (χ0) is 18.1. The molecule has 0 aliphatic rings. The standard InChI is InChI=1S/C20H17FN4O/c1-12(2)13-5-9-16(10-6-13)24-19-17-18(14-3-7-15(21)8-4-14)25-26-20(17)23-11-22-19/h3-12H,1-2H3,(H,22,23,24). The highest BCUT2D eigenvalue weighted by Crippen LogP contribution is 2.32. The van der Waals surface area contributed by atoms with Crippen molar-refractivity contribution in [3.05, 3.63) is 66.2 Å². The topological polar surface area (TPSA) is 63.8 Å². The predicted octanol–water partition coefficient (Wildman–Crippen LogP) is 5.29. The quantitative estimate of drug-likeness (QED) is 0.543. The second-order valence-electron chi connectivity index (χ2n) is 6.34. The van der Waals surface area contributed by atoms with Crippen molar-refractivity contribution in [2.24, 2.45) is 0 Å². The zero-order valence-electron chi connectivity index (χ0n) is 14.4. The smallest absolute Gasteiger partial charge is 0.263 e. The van der Waals surface area contributed by atoms with Crippen LogP contribution in [0.4, 0.5) is 15.9 Å². The monoisotopic (exact) mass is 348 g/mol. The third-order valence-corrected chi connectivity index (χ3v) is 4.23. The Balaban J connectivity index is 1.75. The molecular formula is C20H17FN4O. The molecule has 26 heavy (non-hydrogen) atoms. The maximum absolute atomic E-state index is 13.2. The van der Waals surface area contributed by atoms with Gasteiger partial charge in [-0.2, -0.15) is 4.98 Å². The summed E-state index contributed by atoms with van der Waals surface area (Å²) in [6.07, 6.45) is 1.42. The molecule has 4 aromatic rings. The molecule has 130 valence electrons. The fraction of sp³-hybridized carbons (Fsp3) is 0.150. The molecule has 2 aromatic heterocycles. The Kier molecular flexibility index (Phi) is 4.08. The zero-order valence-corrected chi connectivity index (χ0v) is 14.4. The van der Waals surface area contributed by atoms with Crippen molar-refractivity contribution in [1.82, 2.24) is 15.1 Å². The van der Waals surface area contributed by atoms with E-state index < -0.39 is 0 Å². The molecule has 2 heterocycles. The molecule has 0 spiro atoms. The summed E-state index contributed by atoms with van der Waals surface area (Å²) < 4.78 is 18.5. The molecule has 0 bridgehead atoms. The minimum atomic E-state index is -0.304. The third kappa shape index (κ3) is 3.01. The van der Waals surface area contributed by atoms with Gasteiger partial charge < -0.3 is 9.84 Å². The summed E-state index contributed by atoms with van der Waals surface area (Å²) in [6.45, 7) is 4.31. The van der Waals surface area contributed by atoms with E-state index >= 15 is 0 Å². The Morgan fingerprint density at radius 1 is 0.962 bits per heavy atom. The van der Waals surface area contributed by atoms with Crippen LogP contribution < -0.4 is 5.32 Å². The van der Waals surface area contributed by atoms with Crippen LogP contribution in [0.2, 0.25) is 0 Å².